The highest BCUT2D eigenvalue weighted by Crippen LogP contribution is 2.45. The normalized spacial score (nSPS) is 47.2. The van der Waals surface area contributed by atoms with Crippen molar-refractivity contribution in [2.24, 2.45) is 5.92 Å². The molecule has 0 aromatic rings. The van der Waals surface area contributed by atoms with Crippen LogP contribution in [0.5, 0.6) is 0 Å². The lowest BCUT2D eigenvalue weighted by Gasteiger charge is -2.45. The van der Waals surface area contributed by atoms with Gasteiger partial charge in [0, 0.05) is 19.0 Å². The van der Waals surface area contributed by atoms with Gasteiger partial charge in [-0.25, -0.2) is 0 Å². The Bertz CT molecular complexity index is 428. The lowest BCUT2D eigenvalue weighted by atomic mass is 9.75. The van der Waals surface area contributed by atoms with Gasteiger partial charge in [0.05, 0.1) is 13.2 Å². The van der Waals surface area contributed by atoms with Crippen LogP contribution in [-0.2, 0) is 9.53 Å². The van der Waals surface area contributed by atoms with Gasteiger partial charge >= 0.3 is 5.97 Å². The molecule has 0 radical (unpaired) electrons. The summed E-state index contributed by atoms with van der Waals surface area (Å²) in [5.74, 6) is 0.0373. The number of hydrogen-bond acceptors (Lipinski definition) is 7. The van der Waals surface area contributed by atoms with Gasteiger partial charge in [-0.05, 0) is 25.2 Å². The zero-order valence-corrected chi connectivity index (χ0v) is 12.1. The third-order valence-corrected chi connectivity index (χ3v) is 5.23. The molecule has 1 heterocycles. The first-order valence-electron chi connectivity index (χ1n) is 7.48. The fraction of sp³-hybridized carbons (Fsp3) is 0.929. The SMILES string of the molecule is COC(=O)[C@@H]1C[C@@]2(O)[C@@H](O)[C@@H](O)[C@H](O)C[C@H]2N1CC1CC1. The van der Waals surface area contributed by atoms with Crippen molar-refractivity contribution in [2.45, 2.75) is 61.7 Å². The van der Waals surface area contributed by atoms with Gasteiger partial charge in [-0.2, -0.15) is 0 Å². The summed E-state index contributed by atoms with van der Waals surface area (Å²) in [6, 6.07) is -1.19. The Hall–Kier alpha value is -0.730. The maximum atomic E-state index is 12.0. The molecule has 2 aliphatic carbocycles. The van der Waals surface area contributed by atoms with Crippen molar-refractivity contribution in [3.63, 3.8) is 0 Å². The van der Waals surface area contributed by atoms with Crippen LogP contribution in [0.1, 0.15) is 25.7 Å². The number of esters is 1. The van der Waals surface area contributed by atoms with E-state index in [4.69, 9.17) is 4.74 Å². The quantitative estimate of drug-likeness (QED) is 0.457. The fourth-order valence-corrected chi connectivity index (χ4v) is 3.81. The summed E-state index contributed by atoms with van der Waals surface area (Å²) < 4.78 is 4.81. The molecule has 6 atom stereocenters. The molecule has 3 aliphatic rings. The summed E-state index contributed by atoms with van der Waals surface area (Å²) in [6.07, 6.45) is -1.65. The van der Waals surface area contributed by atoms with Crippen molar-refractivity contribution in [3.05, 3.63) is 0 Å². The number of carbonyl (C=O) groups is 1. The highest BCUT2D eigenvalue weighted by Gasteiger charge is 2.62. The predicted molar refractivity (Wildman–Crippen MR) is 71.2 cm³/mol. The lowest BCUT2D eigenvalue weighted by molar-refractivity contribution is -0.196. The molecule has 1 saturated heterocycles. The van der Waals surface area contributed by atoms with Gasteiger partial charge in [-0.3, -0.25) is 9.69 Å². The second-order valence-electron chi connectivity index (χ2n) is 6.63. The van der Waals surface area contributed by atoms with E-state index in [-0.39, 0.29) is 12.8 Å². The van der Waals surface area contributed by atoms with Crippen LogP contribution in [0.15, 0.2) is 0 Å². The summed E-state index contributed by atoms with van der Waals surface area (Å²) in [6.45, 7) is 0.641. The van der Waals surface area contributed by atoms with Crippen LogP contribution in [0.3, 0.4) is 0 Å². The molecule has 0 aromatic heterocycles. The Morgan fingerprint density at radius 1 is 1.33 bits per heavy atom. The van der Waals surface area contributed by atoms with Gasteiger partial charge in [-0.15, -0.1) is 0 Å². The highest BCUT2D eigenvalue weighted by molar-refractivity contribution is 5.76. The smallest absolute Gasteiger partial charge is 0.323 e. The molecule has 120 valence electrons. The van der Waals surface area contributed by atoms with Crippen LogP contribution in [0.2, 0.25) is 0 Å². The standard InChI is InChI=1S/C14H23NO6/c1-21-13(19)8-5-14(20)10(15(8)6-7-2-3-7)4-9(16)11(17)12(14)18/h7-12,16-18,20H,2-6H2,1H3/t8-,9+,10+,11-,12-,14-/m0/s1. The van der Waals surface area contributed by atoms with Gasteiger partial charge in [0.25, 0.3) is 0 Å². The molecule has 7 heteroatoms. The van der Waals surface area contributed by atoms with Gasteiger partial charge in [0.1, 0.15) is 23.9 Å². The van der Waals surface area contributed by atoms with Crippen molar-refractivity contribution in [3.8, 4) is 0 Å². The number of carbonyl (C=O) groups excluding carboxylic acids is 1. The maximum Gasteiger partial charge on any atom is 0.323 e. The third-order valence-electron chi connectivity index (χ3n) is 5.23. The van der Waals surface area contributed by atoms with Crippen LogP contribution in [0.4, 0.5) is 0 Å². The number of aliphatic hydroxyl groups excluding tert-OH is 3. The minimum Gasteiger partial charge on any atom is -0.468 e. The molecule has 7 nitrogen and oxygen atoms in total. The monoisotopic (exact) mass is 301 g/mol. The molecule has 2 saturated carbocycles. The van der Waals surface area contributed by atoms with E-state index < -0.39 is 42.0 Å². The number of fused-ring (bicyclic) bond motifs is 1. The van der Waals surface area contributed by atoms with Crippen molar-refractivity contribution >= 4 is 5.97 Å². The molecule has 0 amide bonds. The second-order valence-corrected chi connectivity index (χ2v) is 6.63. The molecule has 0 spiro atoms. The third kappa shape index (κ3) is 2.37. The number of rotatable bonds is 3. The first-order valence-corrected chi connectivity index (χ1v) is 7.48. The molecule has 3 rings (SSSR count). The van der Waals surface area contributed by atoms with E-state index in [1.54, 1.807) is 0 Å². The Morgan fingerprint density at radius 2 is 2.00 bits per heavy atom. The number of aliphatic hydroxyl groups is 4. The van der Waals surface area contributed by atoms with Crippen LogP contribution >= 0.6 is 0 Å². The molecule has 0 unspecified atom stereocenters. The minimum atomic E-state index is -1.59. The number of nitrogens with zero attached hydrogens (tertiary/aromatic N) is 1. The fourth-order valence-electron chi connectivity index (χ4n) is 3.81. The Balaban J connectivity index is 1.89. The Labute approximate surface area is 123 Å². The second kappa shape index (κ2) is 5.17. The molecule has 3 fully saturated rings. The zero-order chi connectivity index (χ0) is 15.4. The number of hydrogen-bond donors (Lipinski definition) is 4. The van der Waals surface area contributed by atoms with Crippen molar-refractivity contribution < 1.29 is 30.0 Å². The van der Waals surface area contributed by atoms with Crippen LogP contribution in [-0.4, -0.2) is 80.9 Å². The summed E-state index contributed by atoms with van der Waals surface area (Å²) in [5, 5.41) is 40.7. The largest absolute Gasteiger partial charge is 0.468 e. The molecule has 0 bridgehead atoms. The molecule has 21 heavy (non-hydrogen) atoms. The Kier molecular flexibility index (Phi) is 3.74. The van der Waals surface area contributed by atoms with E-state index in [1.807, 2.05) is 4.90 Å². The molecule has 0 aromatic carbocycles. The molecular formula is C14H23NO6. The summed E-state index contributed by atoms with van der Waals surface area (Å²) in [4.78, 5) is 13.8. The number of methoxy groups -OCH3 is 1. The van der Waals surface area contributed by atoms with Crippen LogP contribution < -0.4 is 0 Å². The molecule has 4 N–H and O–H groups in total. The van der Waals surface area contributed by atoms with E-state index in [0.29, 0.717) is 12.5 Å². The number of ether oxygens (including phenoxy) is 1. The van der Waals surface area contributed by atoms with Crippen LogP contribution in [0.25, 0.3) is 0 Å². The average molecular weight is 301 g/mol. The van der Waals surface area contributed by atoms with Gasteiger partial charge < -0.3 is 25.2 Å². The molecular weight excluding hydrogens is 278 g/mol. The lowest BCUT2D eigenvalue weighted by Crippen LogP contribution is -2.64. The maximum absolute atomic E-state index is 12.0. The van der Waals surface area contributed by atoms with E-state index in [0.717, 1.165) is 12.8 Å². The average Bonchev–Trinajstić information content (AvgIpc) is 3.23. The van der Waals surface area contributed by atoms with Crippen molar-refractivity contribution in [1.29, 1.82) is 0 Å². The summed E-state index contributed by atoms with van der Waals surface area (Å²) in [7, 11) is 1.30. The van der Waals surface area contributed by atoms with Crippen LogP contribution in [0, 0.1) is 5.92 Å². The zero-order valence-electron chi connectivity index (χ0n) is 12.1. The summed E-state index contributed by atoms with van der Waals surface area (Å²) >= 11 is 0. The summed E-state index contributed by atoms with van der Waals surface area (Å²) in [5.41, 5.74) is -1.59. The van der Waals surface area contributed by atoms with E-state index in [1.165, 1.54) is 7.11 Å². The first kappa shape index (κ1) is 15.2. The van der Waals surface area contributed by atoms with Gasteiger partial charge in [0.2, 0.25) is 0 Å². The first-order chi connectivity index (χ1) is 9.88. The van der Waals surface area contributed by atoms with Gasteiger partial charge in [0.15, 0.2) is 0 Å². The van der Waals surface area contributed by atoms with E-state index in [2.05, 4.69) is 0 Å². The predicted octanol–water partition coefficient (Wildman–Crippen LogP) is -1.77. The highest BCUT2D eigenvalue weighted by atomic mass is 16.5. The Morgan fingerprint density at radius 3 is 2.57 bits per heavy atom. The van der Waals surface area contributed by atoms with Crippen molar-refractivity contribution in [1.82, 2.24) is 4.90 Å². The topological polar surface area (TPSA) is 110 Å². The molecule has 1 aliphatic heterocycles. The minimum absolute atomic E-state index is 0.0159. The van der Waals surface area contributed by atoms with Gasteiger partial charge in [-0.1, -0.05) is 0 Å². The van der Waals surface area contributed by atoms with E-state index >= 15 is 0 Å². The van der Waals surface area contributed by atoms with Crippen molar-refractivity contribution in [2.75, 3.05) is 13.7 Å². The van der Waals surface area contributed by atoms with E-state index in [9.17, 15) is 25.2 Å². The number of likely N-dealkylation sites (tertiary alicyclic amines) is 1.